The van der Waals surface area contributed by atoms with E-state index in [0.717, 1.165) is 18.5 Å². The van der Waals surface area contributed by atoms with Crippen LogP contribution >= 0.6 is 0 Å². The number of amides is 1. The van der Waals surface area contributed by atoms with Gasteiger partial charge in [0.15, 0.2) is 0 Å². The van der Waals surface area contributed by atoms with Crippen molar-refractivity contribution in [3.05, 3.63) is 18.0 Å². The van der Waals surface area contributed by atoms with Gasteiger partial charge in [0.25, 0.3) is 0 Å². The molecule has 2 fully saturated rings. The quantitative estimate of drug-likeness (QED) is 0.903. The van der Waals surface area contributed by atoms with E-state index in [1.807, 2.05) is 17.9 Å². The van der Waals surface area contributed by atoms with E-state index < -0.39 is 11.9 Å². The van der Waals surface area contributed by atoms with E-state index in [2.05, 4.69) is 5.10 Å². The second kappa shape index (κ2) is 4.92. The summed E-state index contributed by atoms with van der Waals surface area (Å²) in [5.74, 6) is -1.27. The Hall–Kier alpha value is -1.85. The van der Waals surface area contributed by atoms with E-state index >= 15 is 0 Å². The van der Waals surface area contributed by atoms with Crippen molar-refractivity contribution in [1.82, 2.24) is 14.7 Å². The van der Waals surface area contributed by atoms with E-state index in [0.29, 0.717) is 19.4 Å². The lowest BCUT2D eigenvalue weighted by Crippen LogP contribution is -2.47. The molecule has 1 aliphatic carbocycles. The first-order chi connectivity index (χ1) is 9.63. The van der Waals surface area contributed by atoms with Crippen molar-refractivity contribution in [2.24, 2.45) is 5.92 Å². The first kappa shape index (κ1) is 13.1. The third-order valence-electron chi connectivity index (χ3n) is 4.25. The molecule has 1 aliphatic heterocycles. The molecule has 1 saturated heterocycles. The highest BCUT2D eigenvalue weighted by Crippen LogP contribution is 2.43. The molecule has 108 valence electrons. The minimum absolute atomic E-state index is 0.0823. The van der Waals surface area contributed by atoms with Crippen LogP contribution < -0.4 is 0 Å². The highest BCUT2D eigenvalue weighted by Gasteiger charge is 2.47. The Labute approximate surface area is 117 Å². The van der Waals surface area contributed by atoms with Crippen molar-refractivity contribution in [2.75, 3.05) is 0 Å². The Balaban J connectivity index is 2.02. The Morgan fingerprint density at radius 1 is 1.45 bits per heavy atom. The molecule has 2 heterocycles. The maximum Gasteiger partial charge on any atom is 0.309 e. The molecule has 6 heteroatoms. The Morgan fingerprint density at radius 2 is 2.20 bits per heavy atom. The molecule has 1 aromatic heterocycles. The average molecular weight is 277 g/mol. The van der Waals surface area contributed by atoms with Crippen LogP contribution in [0.1, 0.15) is 44.3 Å². The number of nitrogens with zero attached hydrogens (tertiary/aromatic N) is 3. The smallest absolute Gasteiger partial charge is 0.309 e. The first-order valence-electron chi connectivity index (χ1n) is 7.19. The zero-order valence-electron chi connectivity index (χ0n) is 11.5. The van der Waals surface area contributed by atoms with Crippen LogP contribution in [0.25, 0.3) is 0 Å². The van der Waals surface area contributed by atoms with Crippen molar-refractivity contribution in [2.45, 2.75) is 51.2 Å². The number of carboxylic acids is 1. The van der Waals surface area contributed by atoms with Gasteiger partial charge in [-0.2, -0.15) is 5.10 Å². The largest absolute Gasteiger partial charge is 0.481 e. The van der Waals surface area contributed by atoms with Crippen LogP contribution in [0, 0.1) is 5.92 Å². The summed E-state index contributed by atoms with van der Waals surface area (Å²) < 4.78 is 1.80. The number of aliphatic carboxylic acids is 1. The lowest BCUT2D eigenvalue weighted by Gasteiger charge is -2.39. The maximum absolute atomic E-state index is 12.3. The lowest BCUT2D eigenvalue weighted by molar-refractivity contribution is -0.152. The molecule has 20 heavy (non-hydrogen) atoms. The van der Waals surface area contributed by atoms with E-state index in [9.17, 15) is 14.7 Å². The summed E-state index contributed by atoms with van der Waals surface area (Å²) in [6, 6.07) is 1.69. The number of piperidine rings is 1. The molecule has 2 aliphatic rings. The van der Waals surface area contributed by atoms with Crippen LogP contribution in [0.3, 0.4) is 0 Å². The van der Waals surface area contributed by atoms with Crippen molar-refractivity contribution in [3.8, 4) is 0 Å². The van der Waals surface area contributed by atoms with Crippen LogP contribution in [0.15, 0.2) is 12.3 Å². The molecule has 2 unspecified atom stereocenters. The van der Waals surface area contributed by atoms with Crippen LogP contribution in [0.2, 0.25) is 0 Å². The predicted octanol–water partition coefficient (Wildman–Crippen LogP) is 1.43. The Morgan fingerprint density at radius 3 is 2.80 bits per heavy atom. The average Bonchev–Trinajstić information content (AvgIpc) is 3.14. The van der Waals surface area contributed by atoms with Crippen molar-refractivity contribution >= 4 is 11.9 Å². The minimum Gasteiger partial charge on any atom is -0.481 e. The van der Waals surface area contributed by atoms with E-state index in [-0.39, 0.29) is 18.0 Å². The van der Waals surface area contributed by atoms with Gasteiger partial charge in [0.2, 0.25) is 5.91 Å². The molecule has 2 atom stereocenters. The molecule has 6 nitrogen and oxygen atoms in total. The van der Waals surface area contributed by atoms with Gasteiger partial charge in [-0.25, -0.2) is 0 Å². The number of likely N-dealkylation sites (tertiary alicyclic amines) is 1. The normalized spacial score (nSPS) is 26.9. The Bertz CT molecular complexity index is 536. The number of hydrogen-bond acceptors (Lipinski definition) is 3. The summed E-state index contributed by atoms with van der Waals surface area (Å²) in [6.07, 6.45) is 4.40. The van der Waals surface area contributed by atoms with Gasteiger partial charge >= 0.3 is 5.97 Å². The number of hydrogen-bond donors (Lipinski definition) is 1. The molecule has 0 aromatic carbocycles. The van der Waals surface area contributed by atoms with Crippen LogP contribution in [-0.2, 0) is 16.1 Å². The molecule has 1 N–H and O–H groups in total. The third kappa shape index (κ3) is 2.09. The summed E-state index contributed by atoms with van der Waals surface area (Å²) >= 11 is 0. The molecule has 0 spiro atoms. The summed E-state index contributed by atoms with van der Waals surface area (Å²) in [5.41, 5.74) is 0.847. The fourth-order valence-corrected chi connectivity index (χ4v) is 3.16. The van der Waals surface area contributed by atoms with Crippen LogP contribution in [-0.4, -0.2) is 37.7 Å². The van der Waals surface area contributed by atoms with Gasteiger partial charge in [-0.15, -0.1) is 0 Å². The number of carbonyl (C=O) groups excluding carboxylic acids is 1. The van der Waals surface area contributed by atoms with Crippen molar-refractivity contribution < 1.29 is 14.7 Å². The number of aromatic nitrogens is 2. The molecule has 3 rings (SSSR count). The van der Waals surface area contributed by atoms with Gasteiger partial charge in [0.1, 0.15) is 0 Å². The van der Waals surface area contributed by atoms with Crippen LogP contribution in [0.5, 0.6) is 0 Å². The maximum atomic E-state index is 12.3. The number of rotatable bonds is 4. The highest BCUT2D eigenvalue weighted by molar-refractivity contribution is 5.82. The third-order valence-corrected chi connectivity index (χ3v) is 4.25. The van der Waals surface area contributed by atoms with Gasteiger partial charge < -0.3 is 10.0 Å². The summed E-state index contributed by atoms with van der Waals surface area (Å²) in [4.78, 5) is 25.7. The monoisotopic (exact) mass is 277 g/mol. The highest BCUT2D eigenvalue weighted by atomic mass is 16.4. The molecule has 0 bridgehead atoms. The fraction of sp³-hybridized carbons (Fsp3) is 0.643. The standard InChI is InChI=1S/C14H19N3O3/c1-2-16-11(7-8-15-16)13-10(14(19)20)5-6-12(18)17(13)9-3-4-9/h7-10,13H,2-6H2,1H3,(H,19,20). The summed E-state index contributed by atoms with van der Waals surface area (Å²) in [6.45, 7) is 2.65. The number of aryl methyl sites for hydroxylation is 1. The lowest BCUT2D eigenvalue weighted by atomic mass is 9.86. The van der Waals surface area contributed by atoms with Gasteiger partial charge in [-0.3, -0.25) is 14.3 Å². The van der Waals surface area contributed by atoms with Gasteiger partial charge in [0.05, 0.1) is 17.7 Å². The van der Waals surface area contributed by atoms with Crippen molar-refractivity contribution in [3.63, 3.8) is 0 Å². The first-order valence-corrected chi connectivity index (χ1v) is 7.19. The van der Waals surface area contributed by atoms with E-state index in [4.69, 9.17) is 0 Å². The molecular formula is C14H19N3O3. The zero-order valence-corrected chi connectivity index (χ0v) is 11.5. The Kier molecular flexibility index (Phi) is 3.23. The SMILES string of the molecule is CCn1nccc1C1C(C(=O)O)CCC(=O)N1C1CC1. The molecule has 1 aromatic rings. The molecule has 0 radical (unpaired) electrons. The fourth-order valence-electron chi connectivity index (χ4n) is 3.16. The minimum atomic E-state index is -0.822. The van der Waals surface area contributed by atoms with Gasteiger partial charge in [-0.05, 0) is 32.3 Å². The van der Waals surface area contributed by atoms with Crippen molar-refractivity contribution in [1.29, 1.82) is 0 Å². The van der Waals surface area contributed by atoms with Gasteiger partial charge in [0, 0.05) is 25.2 Å². The number of carbonyl (C=O) groups is 2. The predicted molar refractivity (Wildman–Crippen MR) is 70.9 cm³/mol. The summed E-state index contributed by atoms with van der Waals surface area (Å²) in [7, 11) is 0. The topological polar surface area (TPSA) is 75.4 Å². The van der Waals surface area contributed by atoms with E-state index in [1.165, 1.54) is 0 Å². The molecule has 1 amide bonds. The molecule has 1 saturated carbocycles. The summed E-state index contributed by atoms with van der Waals surface area (Å²) in [5, 5.41) is 13.7. The number of carboxylic acid groups (broad SMARTS) is 1. The van der Waals surface area contributed by atoms with Crippen LogP contribution in [0.4, 0.5) is 0 Å². The van der Waals surface area contributed by atoms with E-state index in [1.54, 1.807) is 10.9 Å². The van der Waals surface area contributed by atoms with Gasteiger partial charge in [-0.1, -0.05) is 0 Å². The second-order valence-corrected chi connectivity index (χ2v) is 5.53. The second-order valence-electron chi connectivity index (χ2n) is 5.53. The zero-order chi connectivity index (χ0) is 14.3. The molecular weight excluding hydrogens is 258 g/mol.